The van der Waals surface area contributed by atoms with Crippen molar-refractivity contribution in [2.75, 3.05) is 21.3 Å². The van der Waals surface area contributed by atoms with Crippen LogP contribution < -0.4 is 14.2 Å². The number of hydrogen-bond donors (Lipinski definition) is 1. The van der Waals surface area contributed by atoms with E-state index in [0.29, 0.717) is 22.8 Å². The third kappa shape index (κ3) is 3.10. The van der Waals surface area contributed by atoms with E-state index in [1.807, 2.05) is 0 Å². The molecule has 1 rings (SSSR count). The Morgan fingerprint density at radius 1 is 1.17 bits per heavy atom. The largest absolute Gasteiger partial charge is 0.493 e. The van der Waals surface area contributed by atoms with Gasteiger partial charge in [-0.1, -0.05) is 12.2 Å². The zero-order chi connectivity index (χ0) is 13.7. The second-order valence-electron chi connectivity index (χ2n) is 3.44. The summed E-state index contributed by atoms with van der Waals surface area (Å²) in [6, 6.07) is 3.35. The first-order chi connectivity index (χ1) is 8.53. The number of hydrogen-bond acceptors (Lipinski definition) is 5. The molecule has 0 atom stereocenters. The maximum absolute atomic E-state index is 10.7. The SMILES string of the molecule is COc1cc(CC(=S)C(=O)O)cc(OC)c1OC. The Balaban J connectivity index is 3.15. The Morgan fingerprint density at radius 3 is 2.00 bits per heavy atom. The van der Waals surface area contributed by atoms with Crippen LogP contribution >= 0.6 is 12.2 Å². The van der Waals surface area contributed by atoms with Crippen LogP contribution in [0.5, 0.6) is 17.2 Å². The molecule has 18 heavy (non-hydrogen) atoms. The molecule has 0 aliphatic heterocycles. The molecule has 1 N–H and O–H groups in total. The maximum atomic E-state index is 10.7. The Hall–Kier alpha value is -1.82. The van der Waals surface area contributed by atoms with Crippen molar-refractivity contribution in [3.8, 4) is 17.2 Å². The molecule has 0 radical (unpaired) electrons. The lowest BCUT2D eigenvalue weighted by Crippen LogP contribution is -2.13. The zero-order valence-electron chi connectivity index (χ0n) is 10.4. The Bertz CT molecular complexity index is 445. The lowest BCUT2D eigenvalue weighted by Gasteiger charge is -2.13. The van der Waals surface area contributed by atoms with Gasteiger partial charge >= 0.3 is 5.97 Å². The average Bonchev–Trinajstić information content (AvgIpc) is 2.37. The molecule has 0 saturated heterocycles. The van der Waals surface area contributed by atoms with Crippen molar-refractivity contribution in [3.05, 3.63) is 17.7 Å². The van der Waals surface area contributed by atoms with E-state index in [-0.39, 0.29) is 11.3 Å². The van der Waals surface area contributed by atoms with E-state index < -0.39 is 5.97 Å². The fourth-order valence-corrected chi connectivity index (χ4v) is 1.67. The number of aliphatic carboxylic acids is 1. The minimum atomic E-state index is -1.10. The molecule has 0 aliphatic carbocycles. The van der Waals surface area contributed by atoms with E-state index in [0.717, 1.165) is 0 Å². The lowest BCUT2D eigenvalue weighted by molar-refractivity contribution is -0.129. The molecule has 1 aromatic rings. The van der Waals surface area contributed by atoms with E-state index in [4.69, 9.17) is 31.5 Å². The monoisotopic (exact) mass is 270 g/mol. The zero-order valence-corrected chi connectivity index (χ0v) is 11.2. The average molecular weight is 270 g/mol. The van der Waals surface area contributed by atoms with Gasteiger partial charge in [0.15, 0.2) is 11.5 Å². The van der Waals surface area contributed by atoms with Crippen LogP contribution in [0.2, 0.25) is 0 Å². The van der Waals surface area contributed by atoms with Gasteiger partial charge in [0.25, 0.3) is 0 Å². The number of rotatable bonds is 6. The van der Waals surface area contributed by atoms with E-state index in [2.05, 4.69) is 0 Å². The molecule has 0 aromatic heterocycles. The number of carboxylic acid groups (broad SMARTS) is 1. The van der Waals surface area contributed by atoms with Crippen molar-refractivity contribution in [3.63, 3.8) is 0 Å². The Kier molecular flexibility index (Phi) is 4.91. The summed E-state index contributed by atoms with van der Waals surface area (Å²) in [5, 5.41) is 8.77. The predicted octanol–water partition coefficient (Wildman–Crippen LogP) is 1.71. The molecule has 0 bridgehead atoms. The summed E-state index contributed by atoms with van der Waals surface area (Å²) in [6.45, 7) is 0. The number of thiocarbonyl (C=S) groups is 1. The third-order valence-corrected chi connectivity index (χ3v) is 2.65. The molecule has 0 spiro atoms. The van der Waals surface area contributed by atoms with Crippen LogP contribution in [0.15, 0.2) is 12.1 Å². The van der Waals surface area contributed by atoms with Crippen molar-refractivity contribution in [1.29, 1.82) is 0 Å². The lowest BCUT2D eigenvalue weighted by atomic mass is 10.1. The van der Waals surface area contributed by atoms with Crippen molar-refractivity contribution < 1.29 is 24.1 Å². The van der Waals surface area contributed by atoms with Gasteiger partial charge < -0.3 is 19.3 Å². The summed E-state index contributed by atoms with van der Waals surface area (Å²) in [7, 11) is 4.50. The van der Waals surface area contributed by atoms with E-state index in [9.17, 15) is 4.79 Å². The molecular formula is C12H14O5S. The molecule has 0 saturated carbocycles. The third-order valence-electron chi connectivity index (χ3n) is 2.33. The van der Waals surface area contributed by atoms with Crippen molar-refractivity contribution in [2.45, 2.75) is 6.42 Å². The molecule has 1 aromatic carbocycles. The van der Waals surface area contributed by atoms with Crippen molar-refractivity contribution in [1.82, 2.24) is 0 Å². The standard InChI is InChI=1S/C12H14O5S/c1-15-8-4-7(6-10(18)12(13)14)5-9(16-2)11(8)17-3/h4-5H,6H2,1-3H3,(H,13,14). The number of carbonyl (C=O) groups is 1. The topological polar surface area (TPSA) is 65.0 Å². The minimum Gasteiger partial charge on any atom is -0.493 e. The van der Waals surface area contributed by atoms with Crippen LogP contribution in [0.4, 0.5) is 0 Å². The van der Waals surface area contributed by atoms with E-state index in [1.54, 1.807) is 12.1 Å². The second-order valence-corrected chi connectivity index (χ2v) is 3.93. The van der Waals surface area contributed by atoms with E-state index >= 15 is 0 Å². The number of methoxy groups -OCH3 is 3. The highest BCUT2D eigenvalue weighted by Crippen LogP contribution is 2.38. The highest BCUT2D eigenvalue weighted by molar-refractivity contribution is 7.82. The summed E-state index contributed by atoms with van der Waals surface area (Å²) in [5.74, 6) is 0.309. The van der Waals surface area contributed by atoms with Crippen LogP contribution in [-0.2, 0) is 11.2 Å². The molecule has 6 heteroatoms. The molecule has 0 heterocycles. The summed E-state index contributed by atoms with van der Waals surface area (Å²) >= 11 is 4.77. The van der Waals surface area contributed by atoms with Gasteiger partial charge in [-0.2, -0.15) is 0 Å². The number of benzene rings is 1. The van der Waals surface area contributed by atoms with Crippen molar-refractivity contribution >= 4 is 23.1 Å². The molecule has 0 unspecified atom stereocenters. The van der Waals surface area contributed by atoms with Gasteiger partial charge in [-0.05, 0) is 17.7 Å². The Morgan fingerprint density at radius 2 is 1.67 bits per heavy atom. The molecule has 0 aliphatic rings. The van der Waals surface area contributed by atoms with Crippen LogP contribution in [0, 0.1) is 0 Å². The fraction of sp³-hybridized carbons (Fsp3) is 0.333. The summed E-state index contributed by atoms with van der Waals surface area (Å²) in [4.78, 5) is 10.6. The predicted molar refractivity (Wildman–Crippen MR) is 70.0 cm³/mol. The normalized spacial score (nSPS) is 9.72. The first-order valence-corrected chi connectivity index (χ1v) is 5.49. The smallest absolute Gasteiger partial charge is 0.342 e. The van der Waals surface area contributed by atoms with E-state index in [1.165, 1.54) is 21.3 Å². The molecule has 0 fully saturated rings. The van der Waals surface area contributed by atoms with Crippen molar-refractivity contribution in [2.24, 2.45) is 0 Å². The second kappa shape index (κ2) is 6.20. The molecule has 5 nitrogen and oxygen atoms in total. The van der Waals surface area contributed by atoms with Gasteiger partial charge in [0.2, 0.25) is 5.75 Å². The molecular weight excluding hydrogens is 256 g/mol. The number of ether oxygens (including phenoxy) is 3. The molecule has 98 valence electrons. The van der Waals surface area contributed by atoms with Gasteiger partial charge in [0.1, 0.15) is 4.86 Å². The van der Waals surface area contributed by atoms with Crippen LogP contribution in [0.25, 0.3) is 0 Å². The Labute approximate surface area is 110 Å². The van der Waals surface area contributed by atoms with Gasteiger partial charge in [-0.15, -0.1) is 0 Å². The minimum absolute atomic E-state index is 0.0655. The van der Waals surface area contributed by atoms with Gasteiger partial charge in [0, 0.05) is 6.42 Å². The van der Waals surface area contributed by atoms with Crippen LogP contribution in [0.1, 0.15) is 5.56 Å². The summed E-state index contributed by atoms with van der Waals surface area (Å²) < 4.78 is 15.5. The summed E-state index contributed by atoms with van der Waals surface area (Å²) in [6.07, 6.45) is 0.140. The van der Waals surface area contributed by atoms with Gasteiger partial charge in [0.05, 0.1) is 21.3 Å². The highest BCUT2D eigenvalue weighted by atomic mass is 32.1. The first-order valence-electron chi connectivity index (χ1n) is 5.08. The maximum Gasteiger partial charge on any atom is 0.342 e. The van der Waals surface area contributed by atoms with Crippen LogP contribution in [-0.4, -0.2) is 37.3 Å². The quantitative estimate of drug-likeness (QED) is 0.794. The molecule has 0 amide bonds. The van der Waals surface area contributed by atoms with Gasteiger partial charge in [-0.25, -0.2) is 4.79 Å². The van der Waals surface area contributed by atoms with Crippen LogP contribution in [0.3, 0.4) is 0 Å². The fourth-order valence-electron chi connectivity index (χ4n) is 1.50. The van der Waals surface area contributed by atoms with Gasteiger partial charge in [-0.3, -0.25) is 0 Å². The first kappa shape index (κ1) is 14.2. The summed E-state index contributed by atoms with van der Waals surface area (Å²) in [5.41, 5.74) is 0.692. The highest BCUT2D eigenvalue weighted by Gasteiger charge is 2.15. The number of carboxylic acids is 1.